The highest BCUT2D eigenvalue weighted by Gasteiger charge is 2.31. The number of halogens is 7. The second kappa shape index (κ2) is 15.8. The van der Waals surface area contributed by atoms with Crippen LogP contribution in [0.5, 0.6) is 0 Å². The number of alkyl halides is 5. The molecule has 0 heterocycles. The van der Waals surface area contributed by atoms with Crippen LogP contribution >= 0.6 is 23.2 Å². The fourth-order valence-electron chi connectivity index (χ4n) is 5.03. The maximum absolute atomic E-state index is 13.4. The lowest BCUT2D eigenvalue weighted by Crippen LogP contribution is -2.38. The van der Waals surface area contributed by atoms with Crippen LogP contribution in [0.2, 0.25) is 10.0 Å². The summed E-state index contributed by atoms with van der Waals surface area (Å²) in [6, 6.07) is 14.9. The molecule has 0 aliphatic heterocycles. The monoisotopic (exact) mass is 720 g/mol. The lowest BCUT2D eigenvalue weighted by molar-refractivity contribution is -0.137. The lowest BCUT2D eigenvalue weighted by Gasteiger charge is -2.21. The highest BCUT2D eigenvalue weighted by atomic mass is 35.5. The summed E-state index contributed by atoms with van der Waals surface area (Å²) in [5.41, 5.74) is 1.91. The molecule has 0 fully saturated rings. The molecule has 1 atom stereocenters. The molecule has 13 heteroatoms. The molecule has 3 aromatic carbocycles. The molecular formula is C36H31Cl2F5N2O4. The third kappa shape index (κ3) is 10.3. The van der Waals surface area contributed by atoms with Gasteiger partial charge >= 0.3 is 12.1 Å². The molecule has 0 saturated carbocycles. The second-order valence-corrected chi connectivity index (χ2v) is 12.2. The zero-order valence-corrected chi connectivity index (χ0v) is 27.8. The summed E-state index contributed by atoms with van der Waals surface area (Å²) in [4.78, 5) is 39.1. The van der Waals surface area contributed by atoms with Crippen molar-refractivity contribution < 1.29 is 41.1 Å². The summed E-state index contributed by atoms with van der Waals surface area (Å²) < 4.78 is 71.5. The van der Waals surface area contributed by atoms with E-state index in [1.165, 1.54) is 48.5 Å². The van der Waals surface area contributed by atoms with Gasteiger partial charge in [-0.25, -0.2) is 13.6 Å². The van der Waals surface area contributed by atoms with Crippen molar-refractivity contribution in [1.29, 1.82) is 0 Å². The van der Waals surface area contributed by atoms with E-state index in [9.17, 15) is 36.3 Å². The molecule has 6 nitrogen and oxygen atoms in total. The van der Waals surface area contributed by atoms with E-state index in [2.05, 4.69) is 10.6 Å². The van der Waals surface area contributed by atoms with Gasteiger partial charge in [0, 0.05) is 33.8 Å². The predicted octanol–water partition coefficient (Wildman–Crippen LogP) is 9.41. The molecule has 1 unspecified atom stereocenters. The Labute approximate surface area is 289 Å². The van der Waals surface area contributed by atoms with Gasteiger partial charge in [0.05, 0.1) is 30.2 Å². The molecule has 2 amide bonds. The van der Waals surface area contributed by atoms with Crippen LogP contribution in [-0.2, 0) is 20.5 Å². The molecule has 0 bridgehead atoms. The van der Waals surface area contributed by atoms with Gasteiger partial charge in [-0.15, -0.1) is 0 Å². The molecule has 0 aromatic heterocycles. The summed E-state index contributed by atoms with van der Waals surface area (Å²) in [5.74, 6) is -6.26. The van der Waals surface area contributed by atoms with Crippen molar-refractivity contribution in [3.8, 4) is 0 Å². The molecule has 1 aliphatic carbocycles. The van der Waals surface area contributed by atoms with Crippen molar-refractivity contribution in [2.75, 3.05) is 18.5 Å². The van der Waals surface area contributed by atoms with Crippen LogP contribution in [0.4, 0.5) is 27.6 Å². The largest absolute Gasteiger partial charge is 0.462 e. The number of anilines is 1. The Kier molecular flexibility index (Phi) is 12.1. The first-order valence-electron chi connectivity index (χ1n) is 15.0. The molecule has 1 aliphatic rings. The maximum Gasteiger partial charge on any atom is 0.416 e. The number of esters is 1. The number of benzene rings is 3. The highest BCUT2D eigenvalue weighted by molar-refractivity contribution is 6.36. The quantitative estimate of drug-likeness (QED) is 0.153. The minimum absolute atomic E-state index is 0.109. The Morgan fingerprint density at radius 1 is 0.918 bits per heavy atom. The van der Waals surface area contributed by atoms with Gasteiger partial charge < -0.3 is 15.4 Å². The van der Waals surface area contributed by atoms with Crippen molar-refractivity contribution >= 4 is 52.2 Å². The highest BCUT2D eigenvalue weighted by Crippen LogP contribution is 2.35. The average molecular weight is 722 g/mol. The van der Waals surface area contributed by atoms with Gasteiger partial charge in [0.15, 0.2) is 0 Å². The number of carbonyl (C=O) groups is 3. The Morgan fingerprint density at radius 2 is 1.55 bits per heavy atom. The molecular weight excluding hydrogens is 690 g/mol. The topological polar surface area (TPSA) is 84.5 Å². The smallest absolute Gasteiger partial charge is 0.416 e. The minimum Gasteiger partial charge on any atom is -0.462 e. The van der Waals surface area contributed by atoms with E-state index in [0.29, 0.717) is 30.2 Å². The molecule has 0 saturated heterocycles. The van der Waals surface area contributed by atoms with Crippen molar-refractivity contribution in [2.24, 2.45) is 0 Å². The molecule has 258 valence electrons. The molecule has 4 rings (SSSR count). The summed E-state index contributed by atoms with van der Waals surface area (Å²) in [6.07, 6.45) is 0.986. The summed E-state index contributed by atoms with van der Waals surface area (Å²) in [7, 11) is 0. The SMILES string of the molecule is CC1=CC(C(=O)Nc2ccc(C(=O)OCCC(C(=O)NCC(C)(F)F)c3c(Cl)cccc3Cl)cc2)=C(c2ccc(C(F)(F)F)cc2)CC=C1. The minimum atomic E-state index is -4.49. The zero-order chi connectivity index (χ0) is 35.9. The Balaban J connectivity index is 1.44. The third-order valence-corrected chi connectivity index (χ3v) is 8.12. The first-order valence-corrected chi connectivity index (χ1v) is 15.7. The summed E-state index contributed by atoms with van der Waals surface area (Å²) in [6.45, 7) is 1.27. The van der Waals surface area contributed by atoms with Gasteiger partial charge in [-0.2, -0.15) is 13.2 Å². The fourth-order valence-corrected chi connectivity index (χ4v) is 5.69. The standard InChI is InChI=1S/C36H31Cl2F5N2O4/c1-21-5-3-6-26(22-9-13-24(14-10-22)36(41,42)43)28(19-21)33(47)45-25-15-11-23(12-16-25)34(48)49-18-17-27(32(46)44-20-35(2,39)40)31-29(37)7-4-8-30(31)38/h3-5,7-16,19,27H,6,17-18,20H2,1-2H3,(H,44,46)(H,45,47). The van der Waals surface area contributed by atoms with Crippen molar-refractivity contribution in [1.82, 2.24) is 5.32 Å². The Bertz CT molecular complexity index is 1780. The number of hydrogen-bond acceptors (Lipinski definition) is 4. The predicted molar refractivity (Wildman–Crippen MR) is 179 cm³/mol. The first-order chi connectivity index (χ1) is 23.0. The Hall–Kier alpha value is -4.48. The van der Waals surface area contributed by atoms with E-state index in [1.807, 2.05) is 12.2 Å². The van der Waals surface area contributed by atoms with Crippen molar-refractivity contribution in [2.45, 2.75) is 44.7 Å². The van der Waals surface area contributed by atoms with E-state index in [4.69, 9.17) is 27.9 Å². The van der Waals surface area contributed by atoms with Gasteiger partial charge in [0.1, 0.15) is 0 Å². The van der Waals surface area contributed by atoms with Gasteiger partial charge in [-0.05, 0) is 85.5 Å². The van der Waals surface area contributed by atoms with E-state index in [1.54, 1.807) is 19.1 Å². The van der Waals surface area contributed by atoms with E-state index >= 15 is 0 Å². The number of carbonyl (C=O) groups excluding carboxylic acids is 3. The van der Waals surface area contributed by atoms with Gasteiger partial charge in [-0.3, -0.25) is 9.59 Å². The lowest BCUT2D eigenvalue weighted by atomic mass is 9.94. The fraction of sp³-hybridized carbons (Fsp3) is 0.250. The summed E-state index contributed by atoms with van der Waals surface area (Å²) in [5, 5.41) is 5.24. The number of ether oxygens (including phenoxy) is 1. The number of allylic oxidation sites excluding steroid dienone is 4. The average Bonchev–Trinajstić information content (AvgIpc) is 3.23. The van der Waals surface area contributed by atoms with E-state index in [0.717, 1.165) is 17.7 Å². The maximum atomic E-state index is 13.4. The molecule has 0 spiro atoms. The van der Waals surface area contributed by atoms with E-state index in [-0.39, 0.29) is 39.8 Å². The number of amides is 2. The molecule has 3 aromatic rings. The second-order valence-electron chi connectivity index (χ2n) is 11.4. The summed E-state index contributed by atoms with van der Waals surface area (Å²) >= 11 is 12.5. The van der Waals surface area contributed by atoms with Gasteiger partial charge in [0.25, 0.3) is 11.8 Å². The van der Waals surface area contributed by atoms with Crippen LogP contribution in [-0.4, -0.2) is 36.9 Å². The van der Waals surface area contributed by atoms with Crippen LogP contribution in [0.15, 0.2) is 96.1 Å². The van der Waals surface area contributed by atoms with Crippen LogP contribution < -0.4 is 10.6 Å². The van der Waals surface area contributed by atoms with Gasteiger partial charge in [-0.1, -0.05) is 59.1 Å². The third-order valence-electron chi connectivity index (χ3n) is 7.46. The number of rotatable bonds is 11. The Morgan fingerprint density at radius 3 is 2.14 bits per heavy atom. The van der Waals surface area contributed by atoms with Crippen molar-refractivity contribution in [3.63, 3.8) is 0 Å². The zero-order valence-electron chi connectivity index (χ0n) is 26.3. The van der Waals surface area contributed by atoms with Crippen LogP contribution in [0.25, 0.3) is 5.57 Å². The van der Waals surface area contributed by atoms with Gasteiger partial charge in [0.2, 0.25) is 5.91 Å². The number of nitrogens with one attached hydrogen (secondary N) is 2. The van der Waals surface area contributed by atoms with Crippen LogP contribution in [0.3, 0.4) is 0 Å². The van der Waals surface area contributed by atoms with Crippen molar-refractivity contribution in [3.05, 3.63) is 128 Å². The van der Waals surface area contributed by atoms with E-state index < -0.39 is 47.9 Å². The normalized spacial score (nSPS) is 14.1. The van der Waals surface area contributed by atoms with Crippen LogP contribution in [0, 0.1) is 0 Å². The molecule has 0 radical (unpaired) electrons. The van der Waals surface area contributed by atoms with Crippen LogP contribution in [0.1, 0.15) is 59.7 Å². The first kappa shape index (κ1) is 37.3. The molecule has 2 N–H and O–H groups in total. The molecule has 49 heavy (non-hydrogen) atoms. The number of hydrogen-bond donors (Lipinski definition) is 2.